The van der Waals surface area contributed by atoms with E-state index in [0.717, 1.165) is 0 Å². The van der Waals surface area contributed by atoms with Gasteiger partial charge in [-0.3, -0.25) is 0 Å². The molecule has 0 aliphatic heterocycles. The second-order valence-corrected chi connectivity index (χ2v) is 4.19. The van der Waals surface area contributed by atoms with Gasteiger partial charge in [0.15, 0.2) is 0 Å². The normalized spacial score (nSPS) is 10.5. The number of hydrogen-bond donors (Lipinski definition) is 0. The van der Waals surface area contributed by atoms with Crippen molar-refractivity contribution >= 4 is 21.5 Å². The molecule has 0 amide bonds. The molecule has 2 radical (unpaired) electrons. The Hall–Kier alpha value is -0.292. The minimum atomic E-state index is -0.662. The van der Waals surface area contributed by atoms with Crippen LogP contribution in [0, 0.1) is 13.8 Å². The van der Waals surface area contributed by atoms with Crippen LogP contribution in [0.2, 0.25) is 0 Å². The molecular weight excluding hydrogens is 414 g/mol. The number of nitrogens with zero attached hydrogens (tertiary/aromatic N) is 2. The number of hydrogen-bond acceptors (Lipinski definition) is 4. The molecule has 0 N–H and O–H groups in total. The predicted octanol–water partition coefficient (Wildman–Crippen LogP) is -1.16. The summed E-state index contributed by atoms with van der Waals surface area (Å²) in [6.07, 6.45) is 0. The number of aryl methyl sites for hydroxylation is 2. The molecule has 96 valence electrons. The molecule has 0 bridgehead atoms. The van der Waals surface area contributed by atoms with Crippen molar-refractivity contribution in [2.24, 2.45) is 0 Å². The number of fused-ring (bicyclic) bond motifs is 2. The van der Waals surface area contributed by atoms with Crippen molar-refractivity contribution < 1.29 is 65.4 Å². The van der Waals surface area contributed by atoms with Crippen LogP contribution in [0.3, 0.4) is 0 Å². The van der Waals surface area contributed by atoms with Crippen molar-refractivity contribution in [3.63, 3.8) is 0 Å². The number of rotatable bonds is 0. The van der Waals surface area contributed by atoms with E-state index in [9.17, 15) is 19.2 Å². The van der Waals surface area contributed by atoms with Gasteiger partial charge >= 0.3 is 0 Å². The summed E-state index contributed by atoms with van der Waals surface area (Å²) < 4.78 is 0. The van der Waals surface area contributed by atoms with Crippen molar-refractivity contribution in [3.05, 3.63) is 52.5 Å². The fourth-order valence-electron chi connectivity index (χ4n) is 2.48. The van der Waals surface area contributed by atoms with Crippen LogP contribution < -0.4 is 32.2 Å². The second kappa shape index (κ2) is 5.83. The Morgan fingerprint density at radius 3 is 0.950 bits per heavy atom. The van der Waals surface area contributed by atoms with Crippen LogP contribution >= 0.6 is 0 Å². The average molecular weight is 420 g/mol. The van der Waals surface area contributed by atoms with Crippen LogP contribution in [-0.4, -0.2) is 0 Å². The summed E-state index contributed by atoms with van der Waals surface area (Å²) in [4.78, 5) is 53.2. The van der Waals surface area contributed by atoms with Crippen LogP contribution in [0.4, 0.5) is 0 Å². The van der Waals surface area contributed by atoms with E-state index in [4.69, 9.17) is 0 Å². The molecule has 6 nitrogen and oxygen atoms in total. The third-order valence-corrected chi connectivity index (χ3v) is 3.26. The minimum absolute atomic E-state index is 0. The fraction of sp³-hybridized carbons (Fsp3) is 0.167. The summed E-state index contributed by atoms with van der Waals surface area (Å²) in [7, 11) is 0. The molecule has 0 saturated heterocycles. The van der Waals surface area contributed by atoms with E-state index in [1.165, 1.54) is 13.8 Å². The molecular formula is C12H6N2O4Y2-2. The topological polar surface area (TPSA) is 96.5 Å². The zero-order chi connectivity index (χ0) is 13.2. The molecule has 2 aromatic heterocycles. The maximum atomic E-state index is 11.6. The maximum Gasteiger partial charge on any atom is 0.0886 e. The SMILES string of the molecule is Cc1c2c(=O)[n-]c(=O)c2c(C)c2c(=O)[n-]c(=O)c12.[Y].[Y]. The summed E-state index contributed by atoms with van der Waals surface area (Å²) in [5.41, 5.74) is -2.03. The molecule has 0 aliphatic carbocycles. The minimum Gasteiger partial charge on any atom is -0.587 e. The van der Waals surface area contributed by atoms with E-state index in [2.05, 4.69) is 9.97 Å². The Morgan fingerprint density at radius 1 is 0.550 bits per heavy atom. The van der Waals surface area contributed by atoms with Crippen molar-refractivity contribution in [3.8, 4) is 0 Å². The fourth-order valence-corrected chi connectivity index (χ4v) is 2.48. The van der Waals surface area contributed by atoms with E-state index in [-0.39, 0.29) is 87.0 Å². The molecule has 1 aromatic carbocycles. The second-order valence-electron chi connectivity index (χ2n) is 4.19. The molecule has 0 atom stereocenters. The van der Waals surface area contributed by atoms with Crippen molar-refractivity contribution in [2.75, 3.05) is 0 Å². The average Bonchev–Trinajstić information content (AvgIpc) is 2.73. The van der Waals surface area contributed by atoms with E-state index in [0.29, 0.717) is 11.1 Å². The van der Waals surface area contributed by atoms with Gasteiger partial charge in [0.25, 0.3) is 0 Å². The van der Waals surface area contributed by atoms with Gasteiger partial charge in [0.1, 0.15) is 0 Å². The largest absolute Gasteiger partial charge is 0.587 e. The summed E-state index contributed by atoms with van der Waals surface area (Å²) in [6.45, 7) is 3.05. The van der Waals surface area contributed by atoms with Crippen molar-refractivity contribution in [2.45, 2.75) is 13.8 Å². The molecule has 3 rings (SSSR count). The zero-order valence-electron chi connectivity index (χ0n) is 10.7. The zero-order valence-corrected chi connectivity index (χ0v) is 16.4. The molecule has 0 saturated carbocycles. The maximum absolute atomic E-state index is 11.6. The molecule has 0 fully saturated rings. The molecule has 0 spiro atoms. The Balaban J connectivity index is 0.000001000. The number of aromatic nitrogens is 2. The summed E-state index contributed by atoms with van der Waals surface area (Å²) in [6, 6.07) is 0. The van der Waals surface area contributed by atoms with Gasteiger partial charge in [0.05, 0.1) is 22.2 Å². The smallest absolute Gasteiger partial charge is 0.0886 e. The first-order valence-electron chi connectivity index (χ1n) is 5.21. The summed E-state index contributed by atoms with van der Waals surface area (Å²) in [5.74, 6) is 0. The molecule has 8 heteroatoms. The number of benzene rings is 1. The predicted molar refractivity (Wildman–Crippen MR) is 65.0 cm³/mol. The Morgan fingerprint density at radius 2 is 0.750 bits per heavy atom. The van der Waals surface area contributed by atoms with E-state index in [1.807, 2.05) is 0 Å². The van der Waals surface area contributed by atoms with Gasteiger partial charge in [-0.2, -0.15) is 0 Å². The van der Waals surface area contributed by atoms with E-state index in [1.54, 1.807) is 0 Å². The van der Waals surface area contributed by atoms with Gasteiger partial charge in [-0.25, -0.2) is 0 Å². The first-order valence-corrected chi connectivity index (χ1v) is 5.21. The van der Waals surface area contributed by atoms with E-state index < -0.39 is 22.2 Å². The molecule has 0 unspecified atom stereocenters. The van der Waals surface area contributed by atoms with Crippen molar-refractivity contribution in [1.82, 2.24) is 9.97 Å². The Labute approximate surface area is 161 Å². The third kappa shape index (κ3) is 2.17. The van der Waals surface area contributed by atoms with Gasteiger partial charge in [0.2, 0.25) is 0 Å². The van der Waals surface area contributed by atoms with Crippen LogP contribution in [0.15, 0.2) is 19.2 Å². The van der Waals surface area contributed by atoms with Gasteiger partial charge < -0.3 is 29.1 Å². The third-order valence-electron chi connectivity index (χ3n) is 3.26. The Bertz CT molecular complexity index is 864. The van der Waals surface area contributed by atoms with Crippen LogP contribution in [0.5, 0.6) is 0 Å². The van der Waals surface area contributed by atoms with Crippen LogP contribution in [-0.2, 0) is 65.4 Å². The van der Waals surface area contributed by atoms with Gasteiger partial charge in [0, 0.05) is 87.0 Å². The van der Waals surface area contributed by atoms with E-state index >= 15 is 0 Å². The Kier molecular flexibility index (Phi) is 5.18. The summed E-state index contributed by atoms with van der Waals surface area (Å²) in [5, 5.41) is 0.480. The van der Waals surface area contributed by atoms with Gasteiger partial charge in [-0.15, -0.1) is 0 Å². The summed E-state index contributed by atoms with van der Waals surface area (Å²) >= 11 is 0. The first kappa shape index (κ1) is 17.8. The standard InChI is InChI=1S/C12H8N2O4.2Y/c1-3-5-7(11(17)13-9(5)15)4(2)8-6(3)10(16)14-12(8)18;;/h1-2H3,(H2,13,14,15,16,17,18);;/p-2. The molecule has 2 heterocycles. The van der Waals surface area contributed by atoms with Crippen molar-refractivity contribution in [1.29, 1.82) is 0 Å². The van der Waals surface area contributed by atoms with Gasteiger partial charge in [-0.05, 0) is 25.0 Å². The quantitative estimate of drug-likeness (QED) is 0.455. The van der Waals surface area contributed by atoms with Crippen LogP contribution in [0.25, 0.3) is 21.5 Å². The molecule has 20 heavy (non-hydrogen) atoms. The molecule has 3 aromatic rings. The van der Waals surface area contributed by atoms with Gasteiger partial charge in [-0.1, -0.05) is 0 Å². The van der Waals surface area contributed by atoms with Crippen LogP contribution in [0.1, 0.15) is 11.1 Å². The molecule has 0 aliphatic rings. The monoisotopic (exact) mass is 420 g/mol. The first-order chi connectivity index (χ1) is 8.43.